The Morgan fingerprint density at radius 3 is 2.52 bits per heavy atom. The van der Waals surface area contributed by atoms with Crippen molar-refractivity contribution in [3.63, 3.8) is 0 Å². The van der Waals surface area contributed by atoms with Crippen LogP contribution in [-0.2, 0) is 16.4 Å². The van der Waals surface area contributed by atoms with Gasteiger partial charge in [-0.05, 0) is 38.1 Å². The number of hydrogen-bond donors (Lipinski definition) is 2. The quantitative estimate of drug-likeness (QED) is 0.504. The maximum absolute atomic E-state index is 12.9. The smallest absolute Gasteiger partial charge is 0.191 e. The second kappa shape index (κ2) is 10.4. The van der Waals surface area contributed by atoms with Crippen molar-refractivity contribution in [1.29, 1.82) is 0 Å². The van der Waals surface area contributed by atoms with Crippen molar-refractivity contribution < 1.29 is 12.8 Å². The first-order chi connectivity index (χ1) is 11.7. The highest BCUT2D eigenvalue weighted by Crippen LogP contribution is 2.05. The number of rotatable bonds is 9. The normalized spacial score (nSPS) is 13.8. The summed E-state index contributed by atoms with van der Waals surface area (Å²) in [6.45, 7) is 4.14. The second-order valence-corrected chi connectivity index (χ2v) is 8.59. The van der Waals surface area contributed by atoms with Crippen molar-refractivity contribution in [3.05, 3.63) is 35.6 Å². The Bertz CT molecular complexity index is 647. The molecule has 0 radical (unpaired) electrons. The number of nitrogens with zero attached hydrogens (tertiary/aromatic N) is 2. The number of aliphatic imine (C=N–C) groups is 1. The van der Waals surface area contributed by atoms with E-state index in [0.29, 0.717) is 18.9 Å². The van der Waals surface area contributed by atoms with E-state index in [4.69, 9.17) is 0 Å². The fourth-order valence-electron chi connectivity index (χ4n) is 2.24. The summed E-state index contributed by atoms with van der Waals surface area (Å²) >= 11 is 0. The summed E-state index contributed by atoms with van der Waals surface area (Å²) in [6.07, 6.45) is 1.77. The molecule has 2 N–H and O–H groups in total. The first-order valence-corrected chi connectivity index (χ1v) is 10.3. The molecule has 0 bridgehead atoms. The lowest BCUT2D eigenvalue weighted by Gasteiger charge is -2.20. The largest absolute Gasteiger partial charge is 0.355 e. The van der Waals surface area contributed by atoms with Crippen LogP contribution in [0.15, 0.2) is 29.3 Å². The summed E-state index contributed by atoms with van der Waals surface area (Å²) < 4.78 is 35.3. The summed E-state index contributed by atoms with van der Waals surface area (Å²) in [5.74, 6) is 0.572. The van der Waals surface area contributed by atoms with Crippen molar-refractivity contribution in [3.8, 4) is 0 Å². The molecule has 0 saturated heterocycles. The molecule has 0 aliphatic heterocycles. The second-order valence-electron chi connectivity index (χ2n) is 6.33. The van der Waals surface area contributed by atoms with Gasteiger partial charge >= 0.3 is 0 Å². The summed E-state index contributed by atoms with van der Waals surface area (Å²) in [5.41, 5.74) is 1.06. The van der Waals surface area contributed by atoms with E-state index >= 15 is 0 Å². The van der Waals surface area contributed by atoms with E-state index in [1.165, 1.54) is 18.4 Å². The summed E-state index contributed by atoms with van der Waals surface area (Å²) in [4.78, 5) is 6.27. The number of halogens is 1. The van der Waals surface area contributed by atoms with Gasteiger partial charge in [0.15, 0.2) is 5.96 Å². The van der Waals surface area contributed by atoms with Gasteiger partial charge in [-0.1, -0.05) is 12.1 Å². The van der Waals surface area contributed by atoms with Crippen LogP contribution < -0.4 is 10.6 Å². The minimum absolute atomic E-state index is 0.0119. The number of hydrogen-bond acceptors (Lipinski definition) is 4. The van der Waals surface area contributed by atoms with Crippen LogP contribution in [0.3, 0.4) is 0 Å². The number of likely N-dealkylation sites (N-methyl/N-ethyl adjacent to an activating group) is 1. The Balaban J connectivity index is 2.31. The third kappa shape index (κ3) is 10.0. The molecule has 0 amide bonds. The number of guanidine groups is 1. The van der Waals surface area contributed by atoms with Crippen LogP contribution in [0, 0.1) is 5.82 Å². The van der Waals surface area contributed by atoms with Crippen molar-refractivity contribution in [2.75, 3.05) is 39.2 Å². The molecule has 1 unspecified atom stereocenters. The van der Waals surface area contributed by atoms with Crippen molar-refractivity contribution >= 4 is 15.8 Å². The minimum atomic E-state index is -2.95. The first-order valence-electron chi connectivity index (χ1n) is 8.27. The van der Waals surface area contributed by atoms with Crippen LogP contribution in [0.2, 0.25) is 0 Å². The summed E-state index contributed by atoms with van der Waals surface area (Å²) in [7, 11) is 0.725. The van der Waals surface area contributed by atoms with Gasteiger partial charge in [-0.3, -0.25) is 4.99 Å². The molecule has 1 atom stereocenters. The Labute approximate surface area is 150 Å². The monoisotopic (exact) mass is 372 g/mol. The lowest BCUT2D eigenvalue weighted by molar-refractivity contribution is 0.331. The van der Waals surface area contributed by atoms with E-state index in [1.807, 2.05) is 14.0 Å². The highest BCUT2D eigenvalue weighted by Gasteiger charge is 2.09. The van der Waals surface area contributed by atoms with Gasteiger partial charge in [-0.15, -0.1) is 0 Å². The standard InChI is InChI=1S/C17H29FN4O2S/c1-14(9-12-25(4,23)24)21-17(19-2)20-10-11-22(3)13-15-5-7-16(18)8-6-15/h5-8,14H,9-13H2,1-4H3,(H2,19,20,21). The third-order valence-electron chi connectivity index (χ3n) is 3.68. The molecule has 0 heterocycles. The maximum Gasteiger partial charge on any atom is 0.191 e. The van der Waals surface area contributed by atoms with Gasteiger partial charge in [0, 0.05) is 39.0 Å². The molecule has 1 aromatic carbocycles. The molecule has 0 fully saturated rings. The van der Waals surface area contributed by atoms with E-state index in [1.54, 1.807) is 19.2 Å². The van der Waals surface area contributed by atoms with Crippen LogP contribution in [0.4, 0.5) is 4.39 Å². The molecule has 1 rings (SSSR count). The Hall–Kier alpha value is -1.67. The number of sulfone groups is 1. The molecule has 1 aromatic rings. The zero-order valence-corrected chi connectivity index (χ0v) is 16.2. The molecule has 25 heavy (non-hydrogen) atoms. The first kappa shape index (κ1) is 21.4. The fourth-order valence-corrected chi connectivity index (χ4v) is 3.02. The average molecular weight is 373 g/mol. The molecule has 0 aliphatic rings. The molecule has 6 nitrogen and oxygen atoms in total. The van der Waals surface area contributed by atoms with Gasteiger partial charge in [-0.25, -0.2) is 12.8 Å². The fraction of sp³-hybridized carbons (Fsp3) is 0.588. The van der Waals surface area contributed by atoms with Crippen LogP contribution in [0.1, 0.15) is 18.9 Å². The van der Waals surface area contributed by atoms with Gasteiger partial charge in [-0.2, -0.15) is 0 Å². The molecular weight excluding hydrogens is 343 g/mol. The van der Waals surface area contributed by atoms with Gasteiger partial charge in [0.05, 0.1) is 5.75 Å². The van der Waals surface area contributed by atoms with Crippen LogP contribution in [0.25, 0.3) is 0 Å². The number of benzene rings is 1. The summed E-state index contributed by atoms with van der Waals surface area (Å²) in [6, 6.07) is 6.50. The van der Waals surface area contributed by atoms with Gasteiger partial charge in [0.2, 0.25) is 0 Å². The lowest BCUT2D eigenvalue weighted by atomic mass is 10.2. The predicted molar refractivity (Wildman–Crippen MR) is 101 cm³/mol. The van der Waals surface area contributed by atoms with E-state index in [9.17, 15) is 12.8 Å². The topological polar surface area (TPSA) is 73.8 Å². The minimum Gasteiger partial charge on any atom is -0.355 e. The van der Waals surface area contributed by atoms with E-state index in [2.05, 4.69) is 20.5 Å². The Kier molecular flexibility index (Phi) is 8.85. The highest BCUT2D eigenvalue weighted by atomic mass is 32.2. The van der Waals surface area contributed by atoms with Gasteiger partial charge < -0.3 is 15.5 Å². The van der Waals surface area contributed by atoms with Crippen LogP contribution in [0.5, 0.6) is 0 Å². The lowest BCUT2D eigenvalue weighted by Crippen LogP contribution is -2.44. The van der Waals surface area contributed by atoms with Gasteiger partial charge in [0.1, 0.15) is 15.7 Å². The number of nitrogens with one attached hydrogen (secondary N) is 2. The Morgan fingerprint density at radius 1 is 1.32 bits per heavy atom. The summed E-state index contributed by atoms with van der Waals surface area (Å²) in [5, 5.41) is 6.39. The van der Waals surface area contributed by atoms with Crippen LogP contribution >= 0.6 is 0 Å². The van der Waals surface area contributed by atoms with E-state index < -0.39 is 9.84 Å². The molecule has 0 saturated carbocycles. The SMILES string of the molecule is CN=C(NCCN(C)Cc1ccc(F)cc1)NC(C)CCS(C)(=O)=O. The Morgan fingerprint density at radius 2 is 1.96 bits per heavy atom. The van der Waals surface area contributed by atoms with Gasteiger partial charge in [0.25, 0.3) is 0 Å². The zero-order valence-electron chi connectivity index (χ0n) is 15.4. The van der Waals surface area contributed by atoms with E-state index in [-0.39, 0.29) is 17.6 Å². The molecule has 0 aromatic heterocycles. The third-order valence-corrected chi connectivity index (χ3v) is 4.66. The molecule has 142 valence electrons. The predicted octanol–water partition coefficient (Wildman–Crippen LogP) is 1.25. The highest BCUT2D eigenvalue weighted by molar-refractivity contribution is 7.90. The molecule has 0 spiro atoms. The molecule has 8 heteroatoms. The van der Waals surface area contributed by atoms with Crippen molar-refractivity contribution in [2.45, 2.75) is 25.9 Å². The molecular formula is C17H29FN4O2S. The van der Waals surface area contributed by atoms with Crippen LogP contribution in [-0.4, -0.2) is 64.5 Å². The molecule has 0 aliphatic carbocycles. The zero-order chi connectivity index (χ0) is 18.9. The average Bonchev–Trinajstić information content (AvgIpc) is 2.53. The van der Waals surface area contributed by atoms with E-state index in [0.717, 1.165) is 18.7 Å². The van der Waals surface area contributed by atoms with Crippen molar-refractivity contribution in [1.82, 2.24) is 15.5 Å². The maximum atomic E-state index is 12.9. The van der Waals surface area contributed by atoms with Crippen molar-refractivity contribution in [2.24, 2.45) is 4.99 Å².